The number of benzene rings is 2. The summed E-state index contributed by atoms with van der Waals surface area (Å²) >= 11 is 1.13. The predicted molar refractivity (Wildman–Crippen MR) is 135 cm³/mol. The number of nitrogens with one attached hydrogen (secondary N) is 2. The van der Waals surface area contributed by atoms with Gasteiger partial charge in [0.1, 0.15) is 16.7 Å². The molecule has 2 atom stereocenters. The molecular formula is C27H28F2N4O2S. The van der Waals surface area contributed by atoms with Crippen LogP contribution < -0.4 is 10.6 Å². The van der Waals surface area contributed by atoms with Gasteiger partial charge in [-0.15, -0.1) is 0 Å². The summed E-state index contributed by atoms with van der Waals surface area (Å²) in [7, 11) is 0. The van der Waals surface area contributed by atoms with Crippen LogP contribution in [0.25, 0.3) is 0 Å². The number of hydrogen-bond donors (Lipinski definition) is 3. The van der Waals surface area contributed by atoms with Gasteiger partial charge in [0, 0.05) is 25.4 Å². The summed E-state index contributed by atoms with van der Waals surface area (Å²) in [5, 5.41) is 26.2. The molecule has 0 bridgehead atoms. The minimum Gasteiger partial charge on any atom is -0.390 e. The second kappa shape index (κ2) is 13.7. The van der Waals surface area contributed by atoms with Crippen LogP contribution in [0.1, 0.15) is 34.0 Å². The Labute approximate surface area is 213 Å². The molecule has 0 spiro atoms. The Bertz CT molecular complexity index is 1200. The molecule has 0 aliphatic rings. The van der Waals surface area contributed by atoms with Crippen LogP contribution in [0, 0.1) is 23.0 Å². The number of carbonyl (C=O) groups excluding carboxylic acids is 1. The largest absolute Gasteiger partial charge is 0.390 e. The molecule has 1 aromatic heterocycles. The number of carbonyl (C=O) groups is 1. The molecule has 6 nitrogen and oxygen atoms in total. The lowest BCUT2D eigenvalue weighted by Gasteiger charge is -2.25. The maximum Gasteiger partial charge on any atom is 0.254 e. The third-order valence-electron chi connectivity index (χ3n) is 5.53. The number of hydrogen-bond acceptors (Lipinski definition) is 6. The number of amides is 1. The Balaban J connectivity index is 1.75. The average molecular weight is 511 g/mol. The first kappa shape index (κ1) is 27.3. The number of pyridine rings is 1. The van der Waals surface area contributed by atoms with E-state index < -0.39 is 29.7 Å². The van der Waals surface area contributed by atoms with Crippen molar-refractivity contribution in [2.75, 3.05) is 12.3 Å². The zero-order chi connectivity index (χ0) is 25.9. The lowest BCUT2D eigenvalue weighted by Crippen LogP contribution is -2.48. The minimum atomic E-state index is -1.05. The van der Waals surface area contributed by atoms with Crippen LogP contribution in [0.2, 0.25) is 0 Å². The zero-order valence-electron chi connectivity index (χ0n) is 19.9. The molecule has 0 aliphatic heterocycles. The molecule has 0 radical (unpaired) electrons. The molecule has 3 N–H and O–H groups in total. The quantitative estimate of drug-likeness (QED) is 0.318. The molecule has 188 valence electrons. The lowest BCUT2D eigenvalue weighted by atomic mass is 10.00. The van der Waals surface area contributed by atoms with Gasteiger partial charge in [-0.2, -0.15) is 5.26 Å². The van der Waals surface area contributed by atoms with Crippen molar-refractivity contribution in [3.63, 3.8) is 0 Å². The van der Waals surface area contributed by atoms with Crippen LogP contribution in [0.5, 0.6) is 0 Å². The second-order valence-corrected chi connectivity index (χ2v) is 9.20. The third-order valence-corrected chi connectivity index (χ3v) is 6.40. The average Bonchev–Trinajstić information content (AvgIpc) is 2.86. The standard InChI is InChI=1S/C27H28F2N4O2S/c1-2-18-5-3-6-19(11-18)16-31-17-25(34)24(14-20-12-21(28)15-22(29)13-20)33-26(35)23-7-4-9-32-27(23)36-10-8-30/h3-7,9,11-13,15,24-25,31,34H,2,10,14,16-17H2,1H3,(H,33,35). The highest BCUT2D eigenvalue weighted by molar-refractivity contribution is 7.99. The van der Waals surface area contributed by atoms with Crippen LogP contribution in [-0.4, -0.2) is 40.4 Å². The molecule has 9 heteroatoms. The van der Waals surface area contributed by atoms with Crippen LogP contribution in [0.3, 0.4) is 0 Å². The van der Waals surface area contributed by atoms with Crippen molar-refractivity contribution in [1.82, 2.24) is 15.6 Å². The predicted octanol–water partition coefficient (Wildman–Crippen LogP) is 4.03. The SMILES string of the molecule is CCc1cccc(CNCC(O)C(Cc2cc(F)cc(F)c2)NC(=O)c2cccnc2SCC#N)c1. The van der Waals surface area contributed by atoms with Crippen molar-refractivity contribution < 1.29 is 18.7 Å². The molecule has 1 heterocycles. The molecule has 2 aromatic carbocycles. The van der Waals surface area contributed by atoms with Gasteiger partial charge in [-0.25, -0.2) is 13.8 Å². The van der Waals surface area contributed by atoms with Crippen LogP contribution in [0.4, 0.5) is 8.78 Å². The van der Waals surface area contributed by atoms with Gasteiger partial charge >= 0.3 is 0 Å². The van der Waals surface area contributed by atoms with E-state index >= 15 is 0 Å². The molecule has 3 rings (SSSR count). The third kappa shape index (κ3) is 8.12. The molecule has 0 saturated heterocycles. The summed E-state index contributed by atoms with van der Waals surface area (Å²) in [6.07, 6.45) is 1.39. The first-order valence-corrected chi connectivity index (χ1v) is 12.5. The fourth-order valence-electron chi connectivity index (χ4n) is 3.76. The van der Waals surface area contributed by atoms with E-state index in [0.29, 0.717) is 17.1 Å². The van der Waals surface area contributed by atoms with Crippen LogP contribution in [-0.2, 0) is 19.4 Å². The Morgan fingerprint density at radius 1 is 1.11 bits per heavy atom. The normalized spacial score (nSPS) is 12.5. The van der Waals surface area contributed by atoms with E-state index in [1.165, 1.54) is 23.9 Å². The number of halogens is 2. The van der Waals surface area contributed by atoms with E-state index in [9.17, 15) is 18.7 Å². The lowest BCUT2D eigenvalue weighted by molar-refractivity contribution is 0.0826. The highest BCUT2D eigenvalue weighted by Crippen LogP contribution is 2.20. The van der Waals surface area contributed by atoms with Gasteiger partial charge in [-0.05, 0) is 53.8 Å². The summed E-state index contributed by atoms with van der Waals surface area (Å²) in [6.45, 7) is 2.73. The second-order valence-electron chi connectivity index (χ2n) is 8.24. The van der Waals surface area contributed by atoms with E-state index in [0.717, 1.165) is 29.8 Å². The number of aliphatic hydroxyl groups excluding tert-OH is 1. The van der Waals surface area contributed by atoms with E-state index in [-0.39, 0.29) is 24.3 Å². The maximum atomic E-state index is 13.8. The Morgan fingerprint density at radius 2 is 1.86 bits per heavy atom. The van der Waals surface area contributed by atoms with Crippen molar-refractivity contribution in [2.45, 2.75) is 43.5 Å². The Kier molecular flexibility index (Phi) is 10.4. The van der Waals surface area contributed by atoms with E-state index in [1.807, 2.05) is 24.3 Å². The highest BCUT2D eigenvalue weighted by Gasteiger charge is 2.24. The van der Waals surface area contributed by atoms with Crippen molar-refractivity contribution >= 4 is 17.7 Å². The van der Waals surface area contributed by atoms with Gasteiger partial charge in [-0.3, -0.25) is 4.79 Å². The summed E-state index contributed by atoms with van der Waals surface area (Å²) in [4.78, 5) is 17.3. The Hall–Kier alpha value is -3.32. The highest BCUT2D eigenvalue weighted by atomic mass is 32.2. The molecular weight excluding hydrogens is 482 g/mol. The number of nitriles is 1. The van der Waals surface area contributed by atoms with Crippen molar-refractivity contribution in [2.24, 2.45) is 0 Å². The monoisotopic (exact) mass is 510 g/mol. The summed E-state index contributed by atoms with van der Waals surface area (Å²) in [6, 6.07) is 15.5. The topological polar surface area (TPSA) is 98.0 Å². The number of aromatic nitrogens is 1. The minimum absolute atomic E-state index is 0.00944. The van der Waals surface area contributed by atoms with Gasteiger partial charge in [0.2, 0.25) is 0 Å². The van der Waals surface area contributed by atoms with E-state index in [1.54, 1.807) is 12.1 Å². The van der Waals surface area contributed by atoms with Crippen LogP contribution in [0.15, 0.2) is 65.8 Å². The number of nitrogens with zero attached hydrogens (tertiary/aromatic N) is 2. The molecule has 36 heavy (non-hydrogen) atoms. The number of thioether (sulfide) groups is 1. The van der Waals surface area contributed by atoms with Gasteiger partial charge < -0.3 is 15.7 Å². The van der Waals surface area contributed by atoms with E-state index in [4.69, 9.17) is 5.26 Å². The summed E-state index contributed by atoms with van der Waals surface area (Å²) in [5.41, 5.74) is 2.82. The van der Waals surface area contributed by atoms with E-state index in [2.05, 4.69) is 28.6 Å². The summed E-state index contributed by atoms with van der Waals surface area (Å²) in [5.74, 6) is -1.85. The van der Waals surface area contributed by atoms with Crippen LogP contribution >= 0.6 is 11.8 Å². The van der Waals surface area contributed by atoms with Gasteiger partial charge in [0.05, 0.1) is 29.5 Å². The summed E-state index contributed by atoms with van der Waals surface area (Å²) < 4.78 is 27.6. The first-order chi connectivity index (χ1) is 17.4. The van der Waals surface area contributed by atoms with Gasteiger partial charge in [-0.1, -0.05) is 43.0 Å². The molecule has 3 aromatic rings. The molecule has 1 amide bonds. The first-order valence-electron chi connectivity index (χ1n) is 11.6. The fraction of sp³-hybridized carbons (Fsp3) is 0.296. The molecule has 0 fully saturated rings. The maximum absolute atomic E-state index is 13.8. The Morgan fingerprint density at radius 3 is 2.58 bits per heavy atom. The van der Waals surface area contributed by atoms with Crippen molar-refractivity contribution in [3.05, 3.63) is 94.7 Å². The zero-order valence-corrected chi connectivity index (χ0v) is 20.7. The molecule has 2 unspecified atom stereocenters. The number of aryl methyl sites for hydroxylation is 1. The molecule has 0 aliphatic carbocycles. The van der Waals surface area contributed by atoms with Crippen molar-refractivity contribution in [1.29, 1.82) is 5.26 Å². The van der Waals surface area contributed by atoms with Gasteiger partial charge in [0.25, 0.3) is 5.91 Å². The number of rotatable bonds is 12. The van der Waals surface area contributed by atoms with Crippen molar-refractivity contribution in [3.8, 4) is 6.07 Å². The smallest absolute Gasteiger partial charge is 0.254 e. The van der Waals surface area contributed by atoms with Gasteiger partial charge in [0.15, 0.2) is 0 Å². The number of aliphatic hydroxyl groups is 1. The fourth-order valence-corrected chi connectivity index (χ4v) is 4.41. The molecule has 0 saturated carbocycles.